The Kier molecular flexibility index (Phi) is 4.71. The second-order valence-corrected chi connectivity index (χ2v) is 6.43. The van der Waals surface area contributed by atoms with Crippen molar-refractivity contribution in [3.8, 4) is 0 Å². The summed E-state index contributed by atoms with van der Waals surface area (Å²) in [5.74, 6) is -0.0488. The molecule has 0 saturated carbocycles. The van der Waals surface area contributed by atoms with Crippen LogP contribution in [-0.2, 0) is 23.0 Å². The predicted molar refractivity (Wildman–Crippen MR) is 91.1 cm³/mol. The number of hydrogen-bond donors (Lipinski definition) is 2. The van der Waals surface area contributed by atoms with Crippen LogP contribution in [0.5, 0.6) is 0 Å². The van der Waals surface area contributed by atoms with Crippen molar-refractivity contribution in [3.63, 3.8) is 0 Å². The maximum atomic E-state index is 12.3. The van der Waals surface area contributed by atoms with Gasteiger partial charge in [-0.25, -0.2) is 0 Å². The van der Waals surface area contributed by atoms with Crippen molar-refractivity contribution < 1.29 is 9.53 Å². The van der Waals surface area contributed by atoms with Crippen molar-refractivity contribution in [1.29, 1.82) is 0 Å². The van der Waals surface area contributed by atoms with Crippen LogP contribution in [0.1, 0.15) is 36.1 Å². The number of pyridine rings is 1. The summed E-state index contributed by atoms with van der Waals surface area (Å²) in [5.41, 5.74) is 3.03. The molecule has 24 heavy (non-hydrogen) atoms. The molecule has 0 radical (unpaired) electrons. The molecule has 2 aromatic heterocycles. The van der Waals surface area contributed by atoms with Crippen molar-refractivity contribution in [2.75, 3.05) is 13.2 Å². The van der Waals surface area contributed by atoms with Crippen LogP contribution in [-0.4, -0.2) is 39.9 Å². The number of ether oxygens (including phenoxy) is 1. The number of aryl methyl sites for hydroxylation is 3. The van der Waals surface area contributed by atoms with Crippen LogP contribution < -0.4 is 10.9 Å². The van der Waals surface area contributed by atoms with E-state index in [0.717, 1.165) is 41.7 Å². The second kappa shape index (κ2) is 6.76. The van der Waals surface area contributed by atoms with Crippen molar-refractivity contribution in [2.24, 2.45) is 7.05 Å². The Morgan fingerprint density at radius 1 is 1.46 bits per heavy atom. The number of carbonyl (C=O) groups excluding carboxylic acids is 1. The van der Waals surface area contributed by atoms with Crippen molar-refractivity contribution >= 4 is 16.9 Å². The minimum absolute atomic E-state index is 0.0488. The number of aromatic amines is 1. The van der Waals surface area contributed by atoms with Crippen molar-refractivity contribution in [2.45, 2.75) is 45.6 Å². The summed E-state index contributed by atoms with van der Waals surface area (Å²) in [7, 11) is 1.81. The van der Waals surface area contributed by atoms with Crippen molar-refractivity contribution in [1.82, 2.24) is 20.1 Å². The Labute approximate surface area is 140 Å². The molecule has 2 N–H and O–H groups in total. The maximum Gasteiger partial charge on any atom is 0.253 e. The number of amides is 1. The Bertz CT molecular complexity index is 815. The van der Waals surface area contributed by atoms with Gasteiger partial charge < -0.3 is 15.0 Å². The van der Waals surface area contributed by atoms with Gasteiger partial charge in [0.1, 0.15) is 5.65 Å². The Morgan fingerprint density at radius 3 is 2.96 bits per heavy atom. The average Bonchev–Trinajstić information content (AvgIpc) is 3.13. The van der Waals surface area contributed by atoms with E-state index in [1.807, 2.05) is 20.9 Å². The van der Waals surface area contributed by atoms with Crippen LogP contribution in [0.15, 0.2) is 4.79 Å². The lowest BCUT2D eigenvalue weighted by molar-refractivity contribution is -0.121. The fourth-order valence-corrected chi connectivity index (χ4v) is 3.42. The summed E-state index contributed by atoms with van der Waals surface area (Å²) in [6, 6.07) is 0. The molecule has 3 heterocycles. The first kappa shape index (κ1) is 16.7. The van der Waals surface area contributed by atoms with E-state index in [9.17, 15) is 9.59 Å². The van der Waals surface area contributed by atoms with Crippen LogP contribution in [0.3, 0.4) is 0 Å². The van der Waals surface area contributed by atoms with E-state index in [1.165, 1.54) is 0 Å². The fourth-order valence-electron chi connectivity index (χ4n) is 3.42. The summed E-state index contributed by atoms with van der Waals surface area (Å²) in [6.07, 6.45) is 2.90. The van der Waals surface area contributed by atoms with Gasteiger partial charge in [-0.2, -0.15) is 5.10 Å². The van der Waals surface area contributed by atoms with Gasteiger partial charge in [-0.3, -0.25) is 14.3 Å². The van der Waals surface area contributed by atoms with Gasteiger partial charge in [0.25, 0.3) is 5.56 Å². The molecule has 3 rings (SSSR count). The first-order chi connectivity index (χ1) is 11.5. The zero-order chi connectivity index (χ0) is 17.3. The summed E-state index contributed by atoms with van der Waals surface area (Å²) in [4.78, 5) is 27.3. The van der Waals surface area contributed by atoms with Gasteiger partial charge in [0.15, 0.2) is 0 Å². The highest BCUT2D eigenvalue weighted by Crippen LogP contribution is 2.21. The summed E-state index contributed by atoms with van der Waals surface area (Å²) in [5, 5.41) is 8.21. The third-order valence-electron chi connectivity index (χ3n) is 4.71. The Morgan fingerprint density at radius 2 is 2.25 bits per heavy atom. The van der Waals surface area contributed by atoms with Gasteiger partial charge in [0.05, 0.1) is 11.8 Å². The second-order valence-electron chi connectivity index (χ2n) is 6.43. The molecule has 1 aliphatic rings. The number of aromatic nitrogens is 3. The lowest BCUT2D eigenvalue weighted by atomic mass is 10.0. The number of nitrogens with zero attached hydrogens (tertiary/aromatic N) is 2. The van der Waals surface area contributed by atoms with E-state index in [1.54, 1.807) is 4.68 Å². The molecule has 0 bridgehead atoms. The lowest BCUT2D eigenvalue weighted by Crippen LogP contribution is -2.32. The molecule has 1 saturated heterocycles. The molecular weight excluding hydrogens is 308 g/mol. The minimum atomic E-state index is -0.144. The fraction of sp³-hybridized carbons (Fsp3) is 0.588. The molecular formula is C17H24N4O3. The zero-order valence-corrected chi connectivity index (χ0v) is 14.4. The number of nitrogens with one attached hydrogen (secondary N) is 2. The average molecular weight is 332 g/mol. The minimum Gasteiger partial charge on any atom is -0.376 e. The normalized spacial score (nSPS) is 17.5. The smallest absolute Gasteiger partial charge is 0.253 e. The van der Waals surface area contributed by atoms with Crippen LogP contribution in [0, 0.1) is 13.8 Å². The number of rotatable bonds is 5. The molecule has 7 nitrogen and oxygen atoms in total. The highest BCUT2D eigenvalue weighted by molar-refractivity contribution is 5.83. The van der Waals surface area contributed by atoms with Gasteiger partial charge in [0.2, 0.25) is 5.91 Å². The molecule has 1 unspecified atom stereocenters. The first-order valence-corrected chi connectivity index (χ1v) is 8.40. The molecule has 1 amide bonds. The molecule has 1 fully saturated rings. The SMILES string of the molecule is Cc1nn(C)c2[nH]c(=O)c(CCC(=O)NCC3CCCO3)c(C)c12. The maximum absolute atomic E-state index is 12.3. The molecule has 7 heteroatoms. The molecule has 1 aliphatic heterocycles. The quantitative estimate of drug-likeness (QED) is 0.858. The van der Waals surface area contributed by atoms with Crippen LogP contribution >= 0.6 is 0 Å². The predicted octanol–water partition coefficient (Wildman–Crippen LogP) is 1.11. The first-order valence-electron chi connectivity index (χ1n) is 8.40. The van der Waals surface area contributed by atoms with E-state index in [0.29, 0.717) is 24.9 Å². The van der Waals surface area contributed by atoms with E-state index in [4.69, 9.17) is 4.74 Å². The van der Waals surface area contributed by atoms with Gasteiger partial charge in [0, 0.05) is 37.6 Å². The third kappa shape index (κ3) is 3.21. The Balaban J connectivity index is 1.69. The summed E-state index contributed by atoms with van der Waals surface area (Å²) < 4.78 is 7.17. The number of carbonyl (C=O) groups is 1. The van der Waals surface area contributed by atoms with Crippen molar-refractivity contribution in [3.05, 3.63) is 27.2 Å². The van der Waals surface area contributed by atoms with E-state index < -0.39 is 0 Å². The van der Waals surface area contributed by atoms with E-state index in [2.05, 4.69) is 15.4 Å². The number of hydrogen-bond acceptors (Lipinski definition) is 4. The number of H-pyrrole nitrogens is 1. The molecule has 2 aromatic rings. The highest BCUT2D eigenvalue weighted by atomic mass is 16.5. The van der Waals surface area contributed by atoms with Crippen LogP contribution in [0.2, 0.25) is 0 Å². The van der Waals surface area contributed by atoms with E-state index >= 15 is 0 Å². The lowest BCUT2D eigenvalue weighted by Gasteiger charge is -2.11. The van der Waals surface area contributed by atoms with E-state index in [-0.39, 0.29) is 17.6 Å². The summed E-state index contributed by atoms with van der Waals surface area (Å²) >= 11 is 0. The molecule has 0 aromatic carbocycles. The van der Waals surface area contributed by atoms with Crippen LogP contribution in [0.25, 0.3) is 11.0 Å². The monoisotopic (exact) mass is 332 g/mol. The largest absolute Gasteiger partial charge is 0.376 e. The highest BCUT2D eigenvalue weighted by Gasteiger charge is 2.18. The topological polar surface area (TPSA) is 89.0 Å². The molecule has 1 atom stereocenters. The van der Waals surface area contributed by atoms with Crippen LogP contribution in [0.4, 0.5) is 0 Å². The van der Waals surface area contributed by atoms with Gasteiger partial charge in [-0.05, 0) is 38.7 Å². The standard InChI is InChI=1S/C17H24N4O3/c1-10-13(6-7-14(22)18-9-12-5-4-8-24-12)17(23)19-16-15(10)11(2)20-21(16)3/h12H,4-9H2,1-3H3,(H,18,22)(H,19,23). The molecule has 0 spiro atoms. The molecule has 0 aliphatic carbocycles. The van der Waals surface area contributed by atoms with Gasteiger partial charge in [-0.1, -0.05) is 0 Å². The van der Waals surface area contributed by atoms with Gasteiger partial charge >= 0.3 is 0 Å². The third-order valence-corrected chi connectivity index (χ3v) is 4.71. The number of fused-ring (bicyclic) bond motifs is 1. The summed E-state index contributed by atoms with van der Waals surface area (Å²) in [6.45, 7) is 5.17. The van der Waals surface area contributed by atoms with Gasteiger partial charge in [-0.15, -0.1) is 0 Å². The molecule has 130 valence electrons. The zero-order valence-electron chi connectivity index (χ0n) is 14.4. The Hall–Kier alpha value is -2.15.